The van der Waals surface area contributed by atoms with E-state index in [-0.39, 0.29) is 24.6 Å². The minimum absolute atomic E-state index is 0.0366. The van der Waals surface area contributed by atoms with Crippen molar-refractivity contribution in [1.82, 2.24) is 15.1 Å². The van der Waals surface area contributed by atoms with E-state index in [0.717, 1.165) is 5.56 Å². The number of hydrogen-bond donors (Lipinski definition) is 1. The molecule has 1 fully saturated rings. The molecule has 1 aromatic carbocycles. The number of nitrogens with zero attached hydrogens (tertiary/aromatic N) is 2. The zero-order valence-electron chi connectivity index (χ0n) is 13.0. The minimum Gasteiger partial charge on any atom is -0.370 e. The van der Waals surface area contributed by atoms with Crippen LogP contribution in [0.25, 0.3) is 0 Å². The van der Waals surface area contributed by atoms with Gasteiger partial charge in [0.2, 0.25) is 5.91 Å². The van der Waals surface area contributed by atoms with Gasteiger partial charge in [0.15, 0.2) is 0 Å². The van der Waals surface area contributed by atoms with E-state index in [9.17, 15) is 9.59 Å². The van der Waals surface area contributed by atoms with E-state index in [1.165, 1.54) is 4.90 Å². The second-order valence-corrected chi connectivity index (χ2v) is 6.24. The van der Waals surface area contributed by atoms with E-state index in [2.05, 4.69) is 5.32 Å². The van der Waals surface area contributed by atoms with Crippen molar-refractivity contribution in [1.29, 1.82) is 0 Å². The van der Waals surface area contributed by atoms with Gasteiger partial charge in [-0.1, -0.05) is 29.3 Å². The maximum atomic E-state index is 12.2. The first-order chi connectivity index (χ1) is 10.9. The lowest BCUT2D eigenvalue weighted by Gasteiger charge is -2.33. The zero-order chi connectivity index (χ0) is 17.0. The molecule has 8 heteroatoms. The average molecular weight is 360 g/mol. The van der Waals surface area contributed by atoms with Gasteiger partial charge >= 0.3 is 6.03 Å². The lowest BCUT2D eigenvalue weighted by atomic mass is 10.1. The summed E-state index contributed by atoms with van der Waals surface area (Å²) in [6.07, 6.45) is -0.257. The first-order valence-corrected chi connectivity index (χ1v) is 7.93. The van der Waals surface area contributed by atoms with Crippen molar-refractivity contribution in [3.8, 4) is 0 Å². The molecule has 2 rings (SSSR count). The number of carbonyl (C=O) groups excluding carboxylic acids is 2. The van der Waals surface area contributed by atoms with Crippen LogP contribution in [0, 0.1) is 0 Å². The zero-order valence-corrected chi connectivity index (χ0v) is 14.5. The fourth-order valence-corrected chi connectivity index (χ4v) is 2.52. The lowest BCUT2D eigenvalue weighted by Crippen LogP contribution is -2.47. The molecule has 1 atom stereocenters. The van der Waals surface area contributed by atoms with Gasteiger partial charge in [0, 0.05) is 20.6 Å². The van der Waals surface area contributed by atoms with E-state index in [0.29, 0.717) is 29.7 Å². The number of urea groups is 1. The fraction of sp³-hybridized carbons (Fsp3) is 0.467. The summed E-state index contributed by atoms with van der Waals surface area (Å²) in [5, 5.41) is 3.50. The van der Waals surface area contributed by atoms with E-state index in [4.69, 9.17) is 27.9 Å². The number of halogens is 2. The van der Waals surface area contributed by atoms with Crippen LogP contribution in [-0.2, 0) is 9.53 Å². The Morgan fingerprint density at radius 3 is 2.74 bits per heavy atom. The minimum atomic E-state index is -0.298. The number of carbonyl (C=O) groups is 2. The van der Waals surface area contributed by atoms with Crippen LogP contribution < -0.4 is 5.32 Å². The van der Waals surface area contributed by atoms with Crippen LogP contribution in [0.2, 0.25) is 10.0 Å². The summed E-state index contributed by atoms with van der Waals surface area (Å²) in [6.45, 7) is 1.30. The molecule has 0 saturated carbocycles. The van der Waals surface area contributed by atoms with Crippen molar-refractivity contribution in [3.05, 3.63) is 33.8 Å². The second kappa shape index (κ2) is 7.86. The molecule has 3 amide bonds. The number of nitrogens with one attached hydrogen (secondary N) is 1. The van der Waals surface area contributed by atoms with Gasteiger partial charge in [-0.15, -0.1) is 0 Å². The Balaban J connectivity index is 1.96. The summed E-state index contributed by atoms with van der Waals surface area (Å²) < 4.78 is 5.71. The molecular formula is C15H19Cl2N3O3. The summed E-state index contributed by atoms with van der Waals surface area (Å²) in [7, 11) is 3.24. The maximum Gasteiger partial charge on any atom is 0.317 e. The number of amides is 3. The summed E-state index contributed by atoms with van der Waals surface area (Å²) in [5.74, 6) is -0.145. The molecule has 6 nitrogen and oxygen atoms in total. The summed E-state index contributed by atoms with van der Waals surface area (Å²) in [5.41, 5.74) is 0.870. The van der Waals surface area contributed by atoms with Crippen LogP contribution in [-0.4, -0.2) is 62.1 Å². The van der Waals surface area contributed by atoms with Crippen LogP contribution in [0.5, 0.6) is 0 Å². The second-order valence-electron chi connectivity index (χ2n) is 5.43. The highest BCUT2D eigenvalue weighted by Crippen LogP contribution is 2.29. The van der Waals surface area contributed by atoms with Gasteiger partial charge in [0.25, 0.3) is 0 Å². The van der Waals surface area contributed by atoms with Crippen molar-refractivity contribution >= 4 is 35.1 Å². The number of benzene rings is 1. The predicted molar refractivity (Wildman–Crippen MR) is 88.8 cm³/mol. The van der Waals surface area contributed by atoms with Gasteiger partial charge in [-0.3, -0.25) is 4.79 Å². The summed E-state index contributed by atoms with van der Waals surface area (Å²) in [4.78, 5) is 26.7. The van der Waals surface area contributed by atoms with Crippen molar-refractivity contribution in [2.24, 2.45) is 0 Å². The standard InChI is InChI=1S/C15H19Cl2N3O3/c1-19(2)15(22)18-8-14(21)20-5-6-23-13(9-20)10-3-4-11(16)12(17)7-10/h3-4,7,13H,5-6,8-9H2,1-2H3,(H,18,22)/t13-/m0/s1. The van der Waals surface area contributed by atoms with E-state index in [1.54, 1.807) is 31.1 Å². The van der Waals surface area contributed by atoms with Gasteiger partial charge in [-0.25, -0.2) is 4.79 Å². The molecule has 0 bridgehead atoms. The monoisotopic (exact) mass is 359 g/mol. The van der Waals surface area contributed by atoms with Crippen LogP contribution in [0.15, 0.2) is 18.2 Å². The highest BCUT2D eigenvalue weighted by molar-refractivity contribution is 6.42. The van der Waals surface area contributed by atoms with E-state index >= 15 is 0 Å². The highest BCUT2D eigenvalue weighted by Gasteiger charge is 2.26. The molecule has 1 aromatic rings. The highest BCUT2D eigenvalue weighted by atomic mass is 35.5. The van der Waals surface area contributed by atoms with Crippen molar-refractivity contribution in [3.63, 3.8) is 0 Å². The smallest absolute Gasteiger partial charge is 0.317 e. The Kier molecular flexibility index (Phi) is 6.10. The summed E-state index contributed by atoms with van der Waals surface area (Å²) >= 11 is 11.9. The van der Waals surface area contributed by atoms with Gasteiger partial charge in [-0.2, -0.15) is 0 Å². The Hall–Kier alpha value is -1.50. The molecule has 0 unspecified atom stereocenters. The molecule has 23 heavy (non-hydrogen) atoms. The van der Waals surface area contributed by atoms with Crippen LogP contribution >= 0.6 is 23.2 Å². The molecular weight excluding hydrogens is 341 g/mol. The third kappa shape index (κ3) is 4.73. The van der Waals surface area contributed by atoms with Gasteiger partial charge in [-0.05, 0) is 17.7 Å². The Labute approximate surface area is 145 Å². The van der Waals surface area contributed by atoms with Gasteiger partial charge in [0.1, 0.15) is 6.10 Å². The molecule has 1 N–H and O–H groups in total. The Bertz CT molecular complexity index is 595. The predicted octanol–water partition coefficient (Wildman–Crippen LogP) is 2.16. The molecule has 1 aliphatic heterocycles. The molecule has 0 aromatic heterocycles. The molecule has 0 spiro atoms. The summed E-state index contributed by atoms with van der Waals surface area (Å²) in [6, 6.07) is 4.99. The molecule has 1 aliphatic rings. The van der Waals surface area contributed by atoms with Crippen molar-refractivity contribution in [2.45, 2.75) is 6.10 Å². The van der Waals surface area contributed by atoms with Gasteiger partial charge in [0.05, 0.1) is 29.7 Å². The van der Waals surface area contributed by atoms with Gasteiger partial charge < -0.3 is 19.9 Å². The SMILES string of the molecule is CN(C)C(=O)NCC(=O)N1CCO[C@H](c2ccc(Cl)c(Cl)c2)C1. The third-order valence-electron chi connectivity index (χ3n) is 3.53. The molecule has 1 heterocycles. The quantitative estimate of drug-likeness (QED) is 0.899. The molecule has 0 radical (unpaired) electrons. The number of hydrogen-bond acceptors (Lipinski definition) is 3. The molecule has 126 valence electrons. The van der Waals surface area contributed by atoms with Crippen molar-refractivity contribution < 1.29 is 14.3 Å². The fourth-order valence-electron chi connectivity index (χ4n) is 2.21. The third-order valence-corrected chi connectivity index (χ3v) is 4.27. The van der Waals surface area contributed by atoms with Crippen molar-refractivity contribution in [2.75, 3.05) is 40.3 Å². The average Bonchev–Trinajstić information content (AvgIpc) is 2.54. The first-order valence-electron chi connectivity index (χ1n) is 7.18. The number of rotatable bonds is 3. The maximum absolute atomic E-state index is 12.2. The Morgan fingerprint density at radius 2 is 2.09 bits per heavy atom. The van der Waals surface area contributed by atoms with E-state index < -0.39 is 0 Å². The first kappa shape index (κ1) is 17.8. The number of ether oxygens (including phenoxy) is 1. The number of morpholine rings is 1. The van der Waals surface area contributed by atoms with Crippen LogP contribution in [0.4, 0.5) is 4.79 Å². The van der Waals surface area contributed by atoms with E-state index in [1.807, 2.05) is 6.07 Å². The normalized spacial score (nSPS) is 17.7. The van der Waals surface area contributed by atoms with Crippen LogP contribution in [0.1, 0.15) is 11.7 Å². The topological polar surface area (TPSA) is 61.9 Å². The largest absolute Gasteiger partial charge is 0.370 e. The lowest BCUT2D eigenvalue weighted by molar-refractivity contribution is -0.137. The van der Waals surface area contributed by atoms with Crippen LogP contribution in [0.3, 0.4) is 0 Å². The molecule has 1 saturated heterocycles. The Morgan fingerprint density at radius 1 is 1.35 bits per heavy atom. The molecule has 0 aliphatic carbocycles.